The van der Waals surface area contributed by atoms with Gasteiger partial charge in [0.2, 0.25) is 0 Å². The Kier molecular flexibility index (Phi) is 55.4. The largest absolute Gasteiger partial charge is 0.462 e. The predicted octanol–water partition coefficient (Wildman–Crippen LogP) is 19.9. The van der Waals surface area contributed by atoms with E-state index >= 15 is 0 Å². The van der Waals surface area contributed by atoms with Crippen LogP contribution in [0.3, 0.4) is 0 Å². The molecule has 0 aliphatic rings. The van der Waals surface area contributed by atoms with E-state index < -0.39 is 6.10 Å². The van der Waals surface area contributed by atoms with Crippen LogP contribution in [0.4, 0.5) is 0 Å². The number of rotatable bonds is 52. The summed E-state index contributed by atoms with van der Waals surface area (Å²) in [7, 11) is 0. The van der Waals surface area contributed by atoms with Gasteiger partial charge in [-0.3, -0.25) is 14.4 Å². The second-order valence-electron chi connectivity index (χ2n) is 19.2. The molecule has 0 aliphatic carbocycles. The van der Waals surface area contributed by atoms with Crippen molar-refractivity contribution in [2.75, 3.05) is 13.2 Å². The molecule has 0 aliphatic heterocycles. The topological polar surface area (TPSA) is 78.9 Å². The van der Waals surface area contributed by atoms with E-state index in [0.29, 0.717) is 19.3 Å². The fourth-order valence-electron chi connectivity index (χ4n) is 7.86. The van der Waals surface area contributed by atoms with Gasteiger partial charge in [-0.1, -0.05) is 246 Å². The molecule has 0 bridgehead atoms. The van der Waals surface area contributed by atoms with E-state index in [9.17, 15) is 14.4 Å². The number of carbonyl (C=O) groups is 3. The molecule has 1 atom stereocenters. The Balaban J connectivity index is 4.29. The van der Waals surface area contributed by atoms with Gasteiger partial charge in [0, 0.05) is 19.3 Å². The second kappa shape index (κ2) is 58.6. The Morgan fingerprint density at radius 3 is 0.873 bits per heavy atom. The molecule has 0 saturated heterocycles. The normalized spacial score (nSPS) is 12.9. The molecule has 1 unspecified atom stereocenters. The van der Waals surface area contributed by atoms with Crippen molar-refractivity contribution < 1.29 is 28.6 Å². The minimum Gasteiger partial charge on any atom is -0.462 e. The van der Waals surface area contributed by atoms with Gasteiger partial charge >= 0.3 is 17.9 Å². The monoisotopic (exact) mass is 985 g/mol. The summed E-state index contributed by atoms with van der Waals surface area (Å²) in [5, 5.41) is 0. The fraction of sp³-hybridized carbons (Fsp3) is 0.677. The molecular weight excluding hydrogens is 877 g/mol. The fourth-order valence-corrected chi connectivity index (χ4v) is 7.86. The summed E-state index contributed by atoms with van der Waals surface area (Å²) in [6, 6.07) is 0. The summed E-state index contributed by atoms with van der Waals surface area (Å²) in [5.74, 6) is -0.919. The van der Waals surface area contributed by atoms with Gasteiger partial charge in [0.1, 0.15) is 13.2 Å². The summed E-state index contributed by atoms with van der Waals surface area (Å²) in [6.07, 6.45) is 79.5. The van der Waals surface area contributed by atoms with E-state index in [0.717, 1.165) is 135 Å². The molecule has 404 valence electrons. The Hall–Kier alpha value is -3.93. The minimum atomic E-state index is -0.790. The molecule has 0 aromatic rings. The highest BCUT2D eigenvalue weighted by molar-refractivity contribution is 5.71. The lowest BCUT2D eigenvalue weighted by Gasteiger charge is -2.18. The average Bonchev–Trinajstić information content (AvgIpc) is 3.37. The highest BCUT2D eigenvalue weighted by atomic mass is 16.6. The van der Waals surface area contributed by atoms with Crippen LogP contribution in [0.1, 0.15) is 265 Å². The van der Waals surface area contributed by atoms with Crippen molar-refractivity contribution in [2.45, 2.75) is 271 Å². The molecule has 6 heteroatoms. The van der Waals surface area contributed by atoms with Gasteiger partial charge < -0.3 is 14.2 Å². The molecule has 0 N–H and O–H groups in total. The zero-order valence-electron chi connectivity index (χ0n) is 46.2. The second-order valence-corrected chi connectivity index (χ2v) is 19.2. The van der Waals surface area contributed by atoms with E-state index in [4.69, 9.17) is 14.2 Å². The summed E-state index contributed by atoms with van der Waals surface area (Å²) >= 11 is 0. The molecule has 0 aromatic carbocycles. The van der Waals surface area contributed by atoms with Crippen LogP contribution in [0.5, 0.6) is 0 Å². The van der Waals surface area contributed by atoms with Gasteiger partial charge in [0.05, 0.1) is 0 Å². The lowest BCUT2D eigenvalue weighted by molar-refractivity contribution is -0.167. The van der Waals surface area contributed by atoms with Crippen LogP contribution in [0.25, 0.3) is 0 Å². The number of unbranched alkanes of at least 4 members (excludes halogenated alkanes) is 23. The average molecular weight is 986 g/mol. The third kappa shape index (κ3) is 56.9. The maximum Gasteiger partial charge on any atom is 0.306 e. The predicted molar refractivity (Wildman–Crippen MR) is 307 cm³/mol. The van der Waals surface area contributed by atoms with Crippen LogP contribution < -0.4 is 0 Å². The third-order valence-electron chi connectivity index (χ3n) is 12.3. The van der Waals surface area contributed by atoms with Crippen molar-refractivity contribution in [1.82, 2.24) is 0 Å². The smallest absolute Gasteiger partial charge is 0.306 e. The van der Waals surface area contributed by atoms with Crippen LogP contribution >= 0.6 is 0 Å². The first kappa shape index (κ1) is 67.1. The highest BCUT2D eigenvalue weighted by Crippen LogP contribution is 2.14. The number of hydrogen-bond acceptors (Lipinski definition) is 6. The maximum absolute atomic E-state index is 12.8. The highest BCUT2D eigenvalue weighted by Gasteiger charge is 2.19. The minimum absolute atomic E-state index is 0.0876. The molecular formula is C65H108O6. The van der Waals surface area contributed by atoms with Crippen LogP contribution in [-0.2, 0) is 28.6 Å². The van der Waals surface area contributed by atoms with Gasteiger partial charge in [-0.2, -0.15) is 0 Å². The standard InChI is InChI=1S/C65H108O6/c1-4-7-10-13-16-19-21-23-25-27-29-30-31-32-33-34-35-36-37-39-40-42-44-46-49-52-55-58-64(67)70-61-62(60-69-63(66)57-54-51-48-18-15-12-9-6-3)71-65(68)59-56-53-50-47-45-43-41-38-28-26-24-22-20-17-14-11-8-5-2/h7,10,16,19-20,22-23,25-26,28-30,32-33,35-36,39-40,62H,4-6,8-9,11-15,17-18,21,24,27,31,34,37-38,41-61H2,1-3H3/b10-7-,19-16-,22-20-,25-23-,28-26-,30-29-,33-32-,36-35-,40-39-. The van der Waals surface area contributed by atoms with E-state index in [2.05, 4.69) is 130 Å². The van der Waals surface area contributed by atoms with E-state index in [-0.39, 0.29) is 31.1 Å². The van der Waals surface area contributed by atoms with E-state index in [1.807, 2.05) is 0 Å². The molecule has 0 saturated carbocycles. The maximum atomic E-state index is 12.8. The van der Waals surface area contributed by atoms with Gasteiger partial charge in [-0.25, -0.2) is 0 Å². The SMILES string of the molecule is CC/C=C\C/C=C\C/C=C\C/C=C\C/C=C\C/C=C\C/C=C\CCCCCCCC(=O)OCC(COC(=O)CCCCCCCCCC)OC(=O)CCCCCCCCC/C=C\C/C=C\CCCCCC. The van der Waals surface area contributed by atoms with E-state index in [1.165, 1.54) is 89.9 Å². The first-order valence-corrected chi connectivity index (χ1v) is 29.4. The van der Waals surface area contributed by atoms with Crippen LogP contribution in [0.15, 0.2) is 109 Å². The molecule has 0 rings (SSSR count). The number of esters is 3. The van der Waals surface area contributed by atoms with Crippen LogP contribution in [0.2, 0.25) is 0 Å². The van der Waals surface area contributed by atoms with Gasteiger partial charge in [0.25, 0.3) is 0 Å². The first-order valence-electron chi connectivity index (χ1n) is 29.4. The Labute approximate surface area is 438 Å². The number of allylic oxidation sites excluding steroid dienone is 18. The summed E-state index contributed by atoms with van der Waals surface area (Å²) < 4.78 is 16.8. The van der Waals surface area contributed by atoms with E-state index in [1.54, 1.807) is 0 Å². The quantitative estimate of drug-likeness (QED) is 0.0261. The Morgan fingerprint density at radius 1 is 0.296 bits per heavy atom. The lowest BCUT2D eigenvalue weighted by Crippen LogP contribution is -2.30. The number of carbonyl (C=O) groups excluding carboxylic acids is 3. The zero-order valence-corrected chi connectivity index (χ0v) is 46.2. The molecule has 71 heavy (non-hydrogen) atoms. The number of ether oxygens (including phenoxy) is 3. The van der Waals surface area contributed by atoms with Gasteiger partial charge in [-0.15, -0.1) is 0 Å². The third-order valence-corrected chi connectivity index (χ3v) is 12.3. The molecule has 0 fully saturated rings. The summed E-state index contributed by atoms with van der Waals surface area (Å²) in [6.45, 7) is 6.46. The first-order chi connectivity index (χ1) is 35.0. The Bertz CT molecular complexity index is 1460. The van der Waals surface area contributed by atoms with Crippen LogP contribution in [0, 0.1) is 0 Å². The molecule has 6 nitrogen and oxygen atoms in total. The molecule has 0 aromatic heterocycles. The van der Waals surface area contributed by atoms with Gasteiger partial charge in [-0.05, 0) is 109 Å². The van der Waals surface area contributed by atoms with Crippen molar-refractivity contribution >= 4 is 17.9 Å². The van der Waals surface area contributed by atoms with Crippen molar-refractivity contribution in [3.63, 3.8) is 0 Å². The molecule has 0 heterocycles. The molecule has 0 spiro atoms. The number of hydrogen-bond donors (Lipinski definition) is 0. The molecule has 0 radical (unpaired) electrons. The summed E-state index contributed by atoms with van der Waals surface area (Å²) in [5.41, 5.74) is 0. The van der Waals surface area contributed by atoms with Crippen molar-refractivity contribution in [1.29, 1.82) is 0 Å². The van der Waals surface area contributed by atoms with Gasteiger partial charge in [0.15, 0.2) is 6.10 Å². The molecule has 0 amide bonds. The summed E-state index contributed by atoms with van der Waals surface area (Å²) in [4.78, 5) is 38.0. The lowest BCUT2D eigenvalue weighted by atomic mass is 10.1. The van der Waals surface area contributed by atoms with Crippen molar-refractivity contribution in [3.05, 3.63) is 109 Å². The van der Waals surface area contributed by atoms with Crippen molar-refractivity contribution in [3.8, 4) is 0 Å². The van der Waals surface area contributed by atoms with Crippen LogP contribution in [-0.4, -0.2) is 37.2 Å². The zero-order chi connectivity index (χ0) is 51.4. The van der Waals surface area contributed by atoms with Crippen molar-refractivity contribution in [2.24, 2.45) is 0 Å². The Morgan fingerprint density at radius 2 is 0.549 bits per heavy atom.